The van der Waals surface area contributed by atoms with Gasteiger partial charge in [0.05, 0.1) is 13.0 Å². The van der Waals surface area contributed by atoms with E-state index in [2.05, 4.69) is 0 Å². The molecular formula is C19H23Cl2NO3. The van der Waals surface area contributed by atoms with Crippen LogP contribution in [0.2, 0.25) is 10.0 Å². The fourth-order valence-electron chi connectivity index (χ4n) is 4.08. The summed E-state index contributed by atoms with van der Waals surface area (Å²) in [6.07, 6.45) is 4.74. The third-order valence-corrected chi connectivity index (χ3v) is 6.24. The summed E-state index contributed by atoms with van der Waals surface area (Å²) in [6, 6.07) is 5.68. The number of carbonyl (C=O) groups is 2. The number of hydrogen-bond donors (Lipinski definition) is 0. The zero-order valence-electron chi connectivity index (χ0n) is 14.3. The number of methoxy groups -OCH3 is 1. The molecule has 136 valence electrons. The highest BCUT2D eigenvalue weighted by Crippen LogP contribution is 2.35. The summed E-state index contributed by atoms with van der Waals surface area (Å²) >= 11 is 12.5. The maximum atomic E-state index is 12.9. The fourth-order valence-corrected chi connectivity index (χ4v) is 4.63. The maximum absolute atomic E-state index is 12.9. The van der Waals surface area contributed by atoms with Crippen molar-refractivity contribution in [3.05, 3.63) is 33.8 Å². The lowest BCUT2D eigenvalue weighted by atomic mass is 9.85. The van der Waals surface area contributed by atoms with Crippen LogP contribution in [0.4, 0.5) is 0 Å². The van der Waals surface area contributed by atoms with Gasteiger partial charge >= 0.3 is 5.97 Å². The predicted octanol–water partition coefficient (Wildman–Crippen LogP) is 4.12. The number of nitrogens with zero attached hydrogens (tertiary/aromatic N) is 1. The van der Waals surface area contributed by atoms with E-state index in [0.717, 1.165) is 44.2 Å². The van der Waals surface area contributed by atoms with Gasteiger partial charge in [0.25, 0.3) is 0 Å². The second-order valence-electron chi connectivity index (χ2n) is 6.95. The van der Waals surface area contributed by atoms with Crippen molar-refractivity contribution in [1.82, 2.24) is 4.90 Å². The standard InChI is InChI=1S/C19H23Cl2NO3/c1-25-19(24)12-5-7-14(8-6-12)22-10-9-13(18(22)23)11-15-16(20)3-2-4-17(15)21/h2-4,12-14H,5-11H2,1H3. The zero-order chi connectivity index (χ0) is 18.0. The number of ether oxygens (including phenoxy) is 1. The molecule has 3 rings (SSSR count). The van der Waals surface area contributed by atoms with Crippen molar-refractivity contribution < 1.29 is 14.3 Å². The van der Waals surface area contributed by atoms with Crippen LogP contribution in [0.5, 0.6) is 0 Å². The second-order valence-corrected chi connectivity index (χ2v) is 7.76. The highest BCUT2D eigenvalue weighted by Gasteiger charge is 2.38. The number of amides is 1. The van der Waals surface area contributed by atoms with Crippen LogP contribution < -0.4 is 0 Å². The third kappa shape index (κ3) is 3.95. The molecule has 4 nitrogen and oxygen atoms in total. The highest BCUT2D eigenvalue weighted by atomic mass is 35.5. The number of halogens is 2. The summed E-state index contributed by atoms with van der Waals surface area (Å²) in [5.41, 5.74) is 0.862. The number of esters is 1. The van der Waals surface area contributed by atoms with Gasteiger partial charge in [-0.1, -0.05) is 29.3 Å². The number of carbonyl (C=O) groups excluding carboxylic acids is 2. The molecule has 1 amide bonds. The number of hydrogen-bond acceptors (Lipinski definition) is 3. The zero-order valence-corrected chi connectivity index (χ0v) is 15.9. The van der Waals surface area contributed by atoms with Crippen LogP contribution in [0.3, 0.4) is 0 Å². The fraction of sp³-hybridized carbons (Fsp3) is 0.579. The summed E-state index contributed by atoms with van der Waals surface area (Å²) in [5, 5.41) is 1.25. The smallest absolute Gasteiger partial charge is 0.308 e. The monoisotopic (exact) mass is 383 g/mol. The van der Waals surface area contributed by atoms with Crippen LogP contribution in [0.25, 0.3) is 0 Å². The summed E-state index contributed by atoms with van der Waals surface area (Å²) in [6.45, 7) is 0.777. The molecule has 1 aromatic rings. The first kappa shape index (κ1) is 18.5. The lowest BCUT2D eigenvalue weighted by Gasteiger charge is -2.34. The average Bonchev–Trinajstić information content (AvgIpc) is 2.98. The first-order valence-corrected chi connectivity index (χ1v) is 9.58. The van der Waals surface area contributed by atoms with Crippen molar-refractivity contribution in [1.29, 1.82) is 0 Å². The Kier molecular flexibility index (Phi) is 5.90. The van der Waals surface area contributed by atoms with E-state index in [1.165, 1.54) is 7.11 Å². The SMILES string of the molecule is COC(=O)C1CCC(N2CCC(Cc3c(Cl)cccc3Cl)C2=O)CC1. The molecular weight excluding hydrogens is 361 g/mol. The molecule has 25 heavy (non-hydrogen) atoms. The van der Waals surface area contributed by atoms with Gasteiger partial charge in [0.2, 0.25) is 5.91 Å². The number of benzene rings is 1. The minimum Gasteiger partial charge on any atom is -0.469 e. The molecule has 2 aliphatic rings. The van der Waals surface area contributed by atoms with Gasteiger partial charge in [-0.25, -0.2) is 0 Å². The topological polar surface area (TPSA) is 46.6 Å². The lowest BCUT2D eigenvalue weighted by molar-refractivity contribution is -0.147. The van der Waals surface area contributed by atoms with Crippen molar-refractivity contribution in [3.63, 3.8) is 0 Å². The Morgan fingerprint density at radius 2 is 1.80 bits per heavy atom. The highest BCUT2D eigenvalue weighted by molar-refractivity contribution is 6.36. The Balaban J connectivity index is 1.60. The summed E-state index contributed by atoms with van der Waals surface area (Å²) < 4.78 is 4.83. The molecule has 1 aliphatic heterocycles. The molecule has 1 aromatic carbocycles. The van der Waals surface area contributed by atoms with E-state index in [1.54, 1.807) is 0 Å². The van der Waals surface area contributed by atoms with E-state index in [0.29, 0.717) is 16.5 Å². The summed E-state index contributed by atoms with van der Waals surface area (Å²) in [4.78, 5) is 26.5. The van der Waals surface area contributed by atoms with E-state index >= 15 is 0 Å². The second kappa shape index (κ2) is 7.96. The predicted molar refractivity (Wildman–Crippen MR) is 97.7 cm³/mol. The van der Waals surface area contributed by atoms with Crippen LogP contribution in [0, 0.1) is 11.8 Å². The molecule has 0 spiro atoms. The van der Waals surface area contributed by atoms with Crippen molar-refractivity contribution in [3.8, 4) is 0 Å². The lowest BCUT2D eigenvalue weighted by Crippen LogP contribution is -2.41. The quantitative estimate of drug-likeness (QED) is 0.734. The molecule has 1 unspecified atom stereocenters. The van der Waals surface area contributed by atoms with Crippen molar-refractivity contribution in [2.75, 3.05) is 13.7 Å². The molecule has 2 fully saturated rings. The van der Waals surface area contributed by atoms with Gasteiger partial charge in [-0.05, 0) is 56.2 Å². The molecule has 0 radical (unpaired) electrons. The Morgan fingerprint density at radius 1 is 1.16 bits per heavy atom. The first-order chi connectivity index (χ1) is 12.0. The largest absolute Gasteiger partial charge is 0.469 e. The van der Waals surface area contributed by atoms with Crippen LogP contribution >= 0.6 is 23.2 Å². The van der Waals surface area contributed by atoms with E-state index < -0.39 is 0 Å². The van der Waals surface area contributed by atoms with Gasteiger partial charge in [-0.3, -0.25) is 9.59 Å². The molecule has 0 aromatic heterocycles. The van der Waals surface area contributed by atoms with Crippen molar-refractivity contribution in [2.24, 2.45) is 11.8 Å². The summed E-state index contributed by atoms with van der Waals surface area (Å²) in [7, 11) is 1.43. The van der Waals surface area contributed by atoms with Gasteiger partial charge in [0.1, 0.15) is 0 Å². The minimum absolute atomic E-state index is 0.0170. The molecule has 0 bridgehead atoms. The molecule has 1 saturated heterocycles. The van der Waals surface area contributed by atoms with Crippen LogP contribution in [0.15, 0.2) is 18.2 Å². The molecule has 1 atom stereocenters. The molecule has 1 aliphatic carbocycles. The molecule has 0 N–H and O–H groups in total. The van der Waals surface area contributed by atoms with Gasteiger partial charge < -0.3 is 9.64 Å². The average molecular weight is 384 g/mol. The van der Waals surface area contributed by atoms with Crippen molar-refractivity contribution >= 4 is 35.1 Å². The van der Waals surface area contributed by atoms with E-state index in [1.807, 2.05) is 23.1 Å². The van der Waals surface area contributed by atoms with Crippen LogP contribution in [-0.4, -0.2) is 36.5 Å². The Hall–Kier alpha value is -1.26. The van der Waals surface area contributed by atoms with Crippen molar-refractivity contribution in [2.45, 2.75) is 44.6 Å². The van der Waals surface area contributed by atoms with Crippen LogP contribution in [0.1, 0.15) is 37.7 Å². The Labute approximate surface area is 158 Å². The van der Waals surface area contributed by atoms with E-state index in [-0.39, 0.29) is 29.8 Å². The maximum Gasteiger partial charge on any atom is 0.308 e. The Bertz CT molecular complexity index is 636. The van der Waals surface area contributed by atoms with E-state index in [4.69, 9.17) is 27.9 Å². The van der Waals surface area contributed by atoms with Gasteiger partial charge in [0, 0.05) is 28.5 Å². The molecule has 1 saturated carbocycles. The third-order valence-electron chi connectivity index (χ3n) is 5.53. The molecule has 1 heterocycles. The normalized spacial score (nSPS) is 26.8. The minimum atomic E-state index is -0.127. The van der Waals surface area contributed by atoms with E-state index in [9.17, 15) is 9.59 Å². The Morgan fingerprint density at radius 3 is 2.40 bits per heavy atom. The first-order valence-electron chi connectivity index (χ1n) is 8.82. The summed E-state index contributed by atoms with van der Waals surface area (Å²) in [5.74, 6) is -0.0117. The van der Waals surface area contributed by atoms with Crippen LogP contribution in [-0.2, 0) is 20.7 Å². The van der Waals surface area contributed by atoms with Gasteiger partial charge in [-0.15, -0.1) is 0 Å². The molecule has 6 heteroatoms. The number of likely N-dealkylation sites (tertiary alicyclic amines) is 1. The number of rotatable bonds is 4. The van der Waals surface area contributed by atoms with Gasteiger partial charge in [-0.2, -0.15) is 0 Å². The van der Waals surface area contributed by atoms with Gasteiger partial charge in [0.15, 0.2) is 0 Å².